The van der Waals surface area contributed by atoms with Gasteiger partial charge in [0.1, 0.15) is 0 Å². The predicted molar refractivity (Wildman–Crippen MR) is 96.8 cm³/mol. The van der Waals surface area contributed by atoms with Crippen LogP contribution in [0.3, 0.4) is 0 Å². The summed E-state index contributed by atoms with van der Waals surface area (Å²) in [4.78, 5) is 12.4. The Morgan fingerprint density at radius 2 is 2.04 bits per heavy atom. The summed E-state index contributed by atoms with van der Waals surface area (Å²) >= 11 is 0. The number of amides is 2. The van der Waals surface area contributed by atoms with Crippen LogP contribution >= 0.6 is 0 Å². The first-order valence-electron chi connectivity index (χ1n) is 8.13. The number of nitrogens with one attached hydrogen (secondary N) is 2. The molecule has 1 aromatic carbocycles. The van der Waals surface area contributed by atoms with Crippen LogP contribution in [-0.2, 0) is 7.05 Å². The van der Waals surface area contributed by atoms with E-state index in [1.165, 1.54) is 0 Å². The molecule has 25 heavy (non-hydrogen) atoms. The van der Waals surface area contributed by atoms with Crippen molar-refractivity contribution in [2.45, 2.75) is 26.8 Å². The molecule has 130 valence electrons. The number of hydrogen-bond acceptors (Lipinski definition) is 3. The molecule has 0 radical (unpaired) electrons. The largest absolute Gasteiger partial charge is 0.331 e. The van der Waals surface area contributed by atoms with Gasteiger partial charge in [0.25, 0.3) is 0 Å². The second kappa shape index (κ2) is 6.80. The summed E-state index contributed by atoms with van der Waals surface area (Å²) in [6, 6.07) is 8.99. The molecule has 0 saturated heterocycles. The molecule has 0 spiro atoms. The Hall–Kier alpha value is -3.09. The van der Waals surface area contributed by atoms with Gasteiger partial charge in [0, 0.05) is 36.4 Å². The van der Waals surface area contributed by atoms with Crippen molar-refractivity contribution in [3.05, 3.63) is 59.7 Å². The number of carbonyl (C=O) groups excluding carboxylic acids is 1. The van der Waals surface area contributed by atoms with E-state index in [4.69, 9.17) is 0 Å². The minimum atomic E-state index is -0.257. The number of urea groups is 1. The molecule has 2 heterocycles. The topological polar surface area (TPSA) is 76.8 Å². The molecule has 0 fully saturated rings. The number of benzene rings is 1. The third kappa shape index (κ3) is 3.55. The summed E-state index contributed by atoms with van der Waals surface area (Å²) in [7, 11) is 1.90. The quantitative estimate of drug-likeness (QED) is 0.767. The zero-order valence-electron chi connectivity index (χ0n) is 14.8. The SMILES string of the molecule is Cc1nn(C)c(C)c1[C@H](C)NC(=O)Nc1cccc(-n2cccn2)c1. The van der Waals surface area contributed by atoms with Crippen molar-refractivity contribution >= 4 is 11.7 Å². The van der Waals surface area contributed by atoms with E-state index in [0.29, 0.717) is 5.69 Å². The average Bonchev–Trinajstić information content (AvgIpc) is 3.16. The van der Waals surface area contributed by atoms with E-state index >= 15 is 0 Å². The van der Waals surface area contributed by atoms with Crippen molar-refractivity contribution in [3.8, 4) is 5.69 Å². The van der Waals surface area contributed by atoms with Crippen LogP contribution in [0.2, 0.25) is 0 Å². The lowest BCUT2D eigenvalue weighted by Gasteiger charge is -2.16. The Kier molecular flexibility index (Phi) is 4.56. The molecular weight excluding hydrogens is 316 g/mol. The number of aryl methyl sites for hydroxylation is 2. The van der Waals surface area contributed by atoms with Gasteiger partial charge >= 0.3 is 6.03 Å². The number of rotatable bonds is 4. The first-order valence-corrected chi connectivity index (χ1v) is 8.13. The van der Waals surface area contributed by atoms with Crippen molar-refractivity contribution in [1.82, 2.24) is 24.9 Å². The molecule has 2 aromatic heterocycles. The van der Waals surface area contributed by atoms with E-state index in [-0.39, 0.29) is 12.1 Å². The standard InChI is InChI=1S/C18H22N6O/c1-12(17-13(2)22-23(4)14(17)3)20-18(25)21-15-7-5-8-16(11-15)24-10-6-9-19-24/h5-12H,1-4H3,(H2,20,21,25)/t12-/m0/s1. The lowest BCUT2D eigenvalue weighted by atomic mass is 10.1. The van der Waals surface area contributed by atoms with Crippen LogP contribution in [0.1, 0.15) is 29.9 Å². The number of carbonyl (C=O) groups is 1. The van der Waals surface area contributed by atoms with Gasteiger partial charge in [-0.15, -0.1) is 0 Å². The third-order valence-corrected chi connectivity index (χ3v) is 4.22. The Labute approximate surface area is 146 Å². The summed E-state index contributed by atoms with van der Waals surface area (Å²) in [5, 5.41) is 14.4. The second-order valence-corrected chi connectivity index (χ2v) is 6.03. The molecule has 0 unspecified atom stereocenters. The second-order valence-electron chi connectivity index (χ2n) is 6.03. The number of hydrogen-bond donors (Lipinski definition) is 2. The minimum absolute atomic E-state index is 0.136. The number of nitrogens with zero attached hydrogens (tertiary/aromatic N) is 4. The zero-order chi connectivity index (χ0) is 18.0. The lowest BCUT2D eigenvalue weighted by molar-refractivity contribution is 0.249. The summed E-state index contributed by atoms with van der Waals surface area (Å²) < 4.78 is 3.57. The molecule has 7 nitrogen and oxygen atoms in total. The summed E-state index contributed by atoms with van der Waals surface area (Å²) in [5.74, 6) is 0. The molecule has 3 rings (SSSR count). The summed E-state index contributed by atoms with van der Waals surface area (Å²) in [5.41, 5.74) is 4.61. The van der Waals surface area contributed by atoms with Crippen molar-refractivity contribution in [3.63, 3.8) is 0 Å². The van der Waals surface area contributed by atoms with Gasteiger partial charge in [0.2, 0.25) is 0 Å². The highest BCUT2D eigenvalue weighted by molar-refractivity contribution is 5.89. The van der Waals surface area contributed by atoms with E-state index in [1.807, 2.05) is 69.0 Å². The smallest absolute Gasteiger partial charge is 0.319 e. The minimum Gasteiger partial charge on any atom is -0.331 e. The van der Waals surface area contributed by atoms with Crippen molar-refractivity contribution < 1.29 is 4.79 Å². The van der Waals surface area contributed by atoms with Gasteiger partial charge in [-0.2, -0.15) is 10.2 Å². The molecule has 2 amide bonds. The summed E-state index contributed by atoms with van der Waals surface area (Å²) in [6.07, 6.45) is 3.57. The summed E-state index contributed by atoms with van der Waals surface area (Å²) in [6.45, 7) is 5.90. The monoisotopic (exact) mass is 338 g/mol. The van der Waals surface area contributed by atoms with Crippen LogP contribution in [-0.4, -0.2) is 25.6 Å². The highest BCUT2D eigenvalue weighted by Crippen LogP contribution is 2.21. The Balaban J connectivity index is 1.69. The van der Waals surface area contributed by atoms with Crippen LogP contribution in [0.15, 0.2) is 42.7 Å². The Morgan fingerprint density at radius 1 is 1.24 bits per heavy atom. The molecule has 7 heteroatoms. The predicted octanol–water partition coefficient (Wildman–Crippen LogP) is 3.11. The molecule has 3 aromatic rings. The highest BCUT2D eigenvalue weighted by atomic mass is 16.2. The van der Waals surface area contributed by atoms with Gasteiger partial charge in [0.05, 0.1) is 17.4 Å². The van der Waals surface area contributed by atoms with Crippen LogP contribution in [0.4, 0.5) is 10.5 Å². The van der Waals surface area contributed by atoms with Gasteiger partial charge in [-0.3, -0.25) is 4.68 Å². The van der Waals surface area contributed by atoms with E-state index < -0.39 is 0 Å². The number of anilines is 1. The fourth-order valence-corrected chi connectivity index (χ4v) is 3.00. The lowest BCUT2D eigenvalue weighted by Crippen LogP contribution is -2.31. The van der Waals surface area contributed by atoms with E-state index in [2.05, 4.69) is 20.8 Å². The number of aromatic nitrogens is 4. The van der Waals surface area contributed by atoms with Crippen LogP contribution in [0, 0.1) is 13.8 Å². The van der Waals surface area contributed by atoms with Crippen LogP contribution in [0.25, 0.3) is 5.69 Å². The fraction of sp³-hybridized carbons (Fsp3) is 0.278. The van der Waals surface area contributed by atoms with Crippen molar-refractivity contribution in [2.24, 2.45) is 7.05 Å². The molecule has 0 aliphatic carbocycles. The van der Waals surface area contributed by atoms with Gasteiger partial charge in [0.15, 0.2) is 0 Å². The van der Waals surface area contributed by atoms with E-state index in [1.54, 1.807) is 10.9 Å². The van der Waals surface area contributed by atoms with E-state index in [0.717, 1.165) is 22.6 Å². The maximum atomic E-state index is 12.4. The maximum absolute atomic E-state index is 12.4. The van der Waals surface area contributed by atoms with Gasteiger partial charge in [-0.1, -0.05) is 6.07 Å². The third-order valence-electron chi connectivity index (χ3n) is 4.22. The fourth-order valence-electron chi connectivity index (χ4n) is 3.00. The molecule has 0 aliphatic heterocycles. The first-order chi connectivity index (χ1) is 12.0. The first kappa shape index (κ1) is 16.8. The Morgan fingerprint density at radius 3 is 2.68 bits per heavy atom. The molecule has 2 N–H and O–H groups in total. The molecule has 0 aliphatic rings. The molecular formula is C18H22N6O. The highest BCUT2D eigenvalue weighted by Gasteiger charge is 2.18. The van der Waals surface area contributed by atoms with Gasteiger partial charge in [-0.05, 0) is 45.0 Å². The maximum Gasteiger partial charge on any atom is 0.319 e. The van der Waals surface area contributed by atoms with Crippen molar-refractivity contribution in [2.75, 3.05) is 5.32 Å². The van der Waals surface area contributed by atoms with E-state index in [9.17, 15) is 4.79 Å². The van der Waals surface area contributed by atoms with Crippen LogP contribution in [0.5, 0.6) is 0 Å². The molecule has 1 atom stereocenters. The average molecular weight is 338 g/mol. The molecule has 0 saturated carbocycles. The molecule has 0 bridgehead atoms. The van der Waals surface area contributed by atoms with Crippen molar-refractivity contribution in [1.29, 1.82) is 0 Å². The van der Waals surface area contributed by atoms with Gasteiger partial charge in [-0.25, -0.2) is 9.48 Å². The Bertz CT molecular complexity index is 881. The van der Waals surface area contributed by atoms with Gasteiger partial charge < -0.3 is 10.6 Å². The zero-order valence-corrected chi connectivity index (χ0v) is 14.8. The van der Waals surface area contributed by atoms with Crippen LogP contribution < -0.4 is 10.6 Å². The normalized spacial score (nSPS) is 12.0.